The molecular formula is C19H31N3O5S. The molecule has 0 spiro atoms. The van der Waals surface area contributed by atoms with Gasteiger partial charge in [0, 0.05) is 13.1 Å². The molecule has 0 aliphatic heterocycles. The van der Waals surface area contributed by atoms with Crippen LogP contribution in [0.3, 0.4) is 0 Å². The summed E-state index contributed by atoms with van der Waals surface area (Å²) in [4.78, 5) is 23.6. The van der Waals surface area contributed by atoms with Gasteiger partial charge in [-0.25, -0.2) is 13.2 Å². The van der Waals surface area contributed by atoms with Crippen molar-refractivity contribution >= 4 is 22.0 Å². The smallest absolute Gasteiger partial charge is 0.323 e. The van der Waals surface area contributed by atoms with Crippen molar-refractivity contribution in [2.75, 3.05) is 20.2 Å². The molecule has 1 rings (SSSR count). The number of carbonyl (C=O) groups is 2. The number of amides is 2. The molecule has 28 heavy (non-hydrogen) atoms. The summed E-state index contributed by atoms with van der Waals surface area (Å²) < 4.78 is 32.1. The summed E-state index contributed by atoms with van der Waals surface area (Å²) in [6.45, 7) is 4.98. The van der Waals surface area contributed by atoms with E-state index in [-0.39, 0.29) is 17.3 Å². The van der Waals surface area contributed by atoms with Gasteiger partial charge < -0.3 is 15.4 Å². The minimum Gasteiger partial charge on any atom is -0.468 e. The summed E-state index contributed by atoms with van der Waals surface area (Å²) in [7, 11) is -2.61. The quantitative estimate of drug-likeness (QED) is 0.359. The number of urea groups is 1. The van der Waals surface area contributed by atoms with Crippen LogP contribution < -0.4 is 15.4 Å². The van der Waals surface area contributed by atoms with E-state index in [1.54, 1.807) is 12.1 Å². The summed E-state index contributed by atoms with van der Waals surface area (Å²) in [6, 6.07) is 5.17. The minimum atomic E-state index is -3.83. The lowest BCUT2D eigenvalue weighted by Gasteiger charge is -2.17. The number of unbranched alkanes of at least 4 members (excludes halogenated alkanes) is 2. The highest BCUT2D eigenvalue weighted by molar-refractivity contribution is 7.89. The van der Waals surface area contributed by atoms with Crippen LogP contribution in [0.1, 0.15) is 44.6 Å². The third kappa shape index (κ3) is 8.71. The highest BCUT2D eigenvalue weighted by Crippen LogP contribution is 2.13. The Bertz CT molecular complexity index is 720. The molecule has 1 aromatic carbocycles. The number of aryl methyl sites for hydroxylation is 1. The van der Waals surface area contributed by atoms with E-state index in [0.717, 1.165) is 18.4 Å². The van der Waals surface area contributed by atoms with Crippen molar-refractivity contribution in [1.82, 2.24) is 15.4 Å². The Balaban J connectivity index is 2.50. The molecular weight excluding hydrogens is 382 g/mol. The van der Waals surface area contributed by atoms with Gasteiger partial charge in [0.2, 0.25) is 10.0 Å². The number of hydrogen-bond acceptors (Lipinski definition) is 5. The fourth-order valence-electron chi connectivity index (χ4n) is 2.46. The van der Waals surface area contributed by atoms with Gasteiger partial charge in [0.15, 0.2) is 0 Å². The van der Waals surface area contributed by atoms with Gasteiger partial charge in [-0.15, -0.1) is 0 Å². The predicted octanol–water partition coefficient (Wildman–Crippen LogP) is 2.08. The van der Waals surface area contributed by atoms with E-state index < -0.39 is 22.0 Å². The zero-order chi connectivity index (χ0) is 21.0. The van der Waals surface area contributed by atoms with E-state index in [1.165, 1.54) is 19.2 Å². The van der Waals surface area contributed by atoms with Crippen molar-refractivity contribution in [3.05, 3.63) is 29.8 Å². The van der Waals surface area contributed by atoms with Crippen molar-refractivity contribution < 1.29 is 22.7 Å². The number of methoxy groups -OCH3 is 1. The lowest BCUT2D eigenvalue weighted by atomic mass is 10.1. The summed E-state index contributed by atoms with van der Waals surface area (Å²) >= 11 is 0. The second-order valence-electron chi connectivity index (χ2n) is 6.54. The first-order chi connectivity index (χ1) is 13.3. The molecule has 0 saturated heterocycles. The molecule has 0 aliphatic rings. The summed E-state index contributed by atoms with van der Waals surface area (Å²) in [5.41, 5.74) is 0.940. The van der Waals surface area contributed by atoms with Gasteiger partial charge in [-0.1, -0.05) is 31.0 Å². The van der Waals surface area contributed by atoms with Crippen LogP contribution >= 0.6 is 0 Å². The second kappa shape index (κ2) is 12.4. The number of carbonyl (C=O) groups excluding carboxylic acids is 2. The molecule has 0 aromatic heterocycles. The summed E-state index contributed by atoms with van der Waals surface area (Å²) in [6.07, 6.45) is 3.37. The Kier molecular flexibility index (Phi) is 10.5. The molecule has 158 valence electrons. The van der Waals surface area contributed by atoms with E-state index in [9.17, 15) is 18.0 Å². The lowest BCUT2D eigenvalue weighted by Crippen LogP contribution is -2.41. The molecule has 3 N–H and O–H groups in total. The van der Waals surface area contributed by atoms with Gasteiger partial charge in [-0.2, -0.15) is 4.72 Å². The number of esters is 1. The van der Waals surface area contributed by atoms with Crippen molar-refractivity contribution in [3.63, 3.8) is 0 Å². The predicted molar refractivity (Wildman–Crippen MR) is 107 cm³/mol. The Morgan fingerprint density at radius 3 is 2.21 bits per heavy atom. The zero-order valence-electron chi connectivity index (χ0n) is 16.8. The van der Waals surface area contributed by atoms with Gasteiger partial charge in [0.1, 0.15) is 6.04 Å². The van der Waals surface area contributed by atoms with E-state index in [2.05, 4.69) is 15.4 Å². The van der Waals surface area contributed by atoms with Crippen LogP contribution in [0.15, 0.2) is 29.2 Å². The Hall–Kier alpha value is -2.13. The van der Waals surface area contributed by atoms with Crippen LogP contribution in [0.4, 0.5) is 4.79 Å². The van der Waals surface area contributed by atoms with Crippen LogP contribution in [0, 0.1) is 6.92 Å². The molecule has 0 radical (unpaired) electrons. The molecule has 1 unspecified atom stereocenters. The number of benzene rings is 1. The van der Waals surface area contributed by atoms with E-state index >= 15 is 0 Å². The normalized spacial score (nSPS) is 12.2. The van der Waals surface area contributed by atoms with Crippen molar-refractivity contribution in [2.24, 2.45) is 0 Å². The standard InChI is InChI=1S/C19H31N3O5S/c1-4-5-13-20-19(24)21-14-7-6-8-17(18(23)27-3)22-28(25,26)16-11-9-15(2)10-12-16/h9-12,17,22H,4-8,13-14H2,1-3H3,(H2,20,21,24). The topological polar surface area (TPSA) is 114 Å². The second-order valence-corrected chi connectivity index (χ2v) is 8.26. The van der Waals surface area contributed by atoms with Gasteiger partial charge >= 0.3 is 12.0 Å². The first-order valence-corrected chi connectivity index (χ1v) is 11.0. The first kappa shape index (κ1) is 23.9. The average molecular weight is 414 g/mol. The highest BCUT2D eigenvalue weighted by Gasteiger charge is 2.26. The van der Waals surface area contributed by atoms with Crippen molar-refractivity contribution in [3.8, 4) is 0 Å². The number of hydrogen-bond donors (Lipinski definition) is 3. The highest BCUT2D eigenvalue weighted by atomic mass is 32.2. The fourth-order valence-corrected chi connectivity index (χ4v) is 3.68. The maximum atomic E-state index is 12.5. The molecule has 9 heteroatoms. The molecule has 0 bridgehead atoms. The molecule has 2 amide bonds. The zero-order valence-corrected chi connectivity index (χ0v) is 17.6. The van der Waals surface area contributed by atoms with Crippen LogP contribution in [0.2, 0.25) is 0 Å². The van der Waals surface area contributed by atoms with Gasteiger partial charge in [-0.3, -0.25) is 4.79 Å². The largest absolute Gasteiger partial charge is 0.468 e. The SMILES string of the molecule is CCCCNC(=O)NCCCCC(NS(=O)(=O)c1ccc(C)cc1)C(=O)OC. The Morgan fingerprint density at radius 2 is 1.64 bits per heavy atom. The van der Waals surface area contributed by atoms with Crippen LogP contribution in [0.5, 0.6) is 0 Å². The number of nitrogens with one attached hydrogen (secondary N) is 3. The summed E-state index contributed by atoms with van der Waals surface area (Å²) in [5.74, 6) is -0.638. The van der Waals surface area contributed by atoms with E-state index in [0.29, 0.717) is 25.9 Å². The van der Waals surface area contributed by atoms with E-state index in [1.807, 2.05) is 13.8 Å². The van der Waals surface area contributed by atoms with E-state index in [4.69, 9.17) is 4.74 Å². The van der Waals surface area contributed by atoms with Crippen LogP contribution in [0.25, 0.3) is 0 Å². The maximum absolute atomic E-state index is 12.5. The average Bonchev–Trinajstić information content (AvgIpc) is 2.66. The molecule has 0 fully saturated rings. The summed E-state index contributed by atoms with van der Waals surface area (Å²) in [5, 5.41) is 5.48. The maximum Gasteiger partial charge on any atom is 0.323 e. The fraction of sp³-hybridized carbons (Fsp3) is 0.579. The number of sulfonamides is 1. The molecule has 0 heterocycles. The van der Waals surface area contributed by atoms with Crippen molar-refractivity contribution in [2.45, 2.75) is 56.9 Å². The minimum absolute atomic E-state index is 0.0948. The molecule has 0 saturated carbocycles. The molecule has 1 aromatic rings. The van der Waals surface area contributed by atoms with Crippen LogP contribution in [-0.4, -0.2) is 46.7 Å². The third-order valence-electron chi connectivity index (χ3n) is 4.14. The monoisotopic (exact) mass is 413 g/mol. The molecule has 1 atom stereocenters. The molecule has 0 aliphatic carbocycles. The number of rotatable bonds is 12. The lowest BCUT2D eigenvalue weighted by molar-refractivity contribution is -0.142. The third-order valence-corrected chi connectivity index (χ3v) is 5.62. The van der Waals surface area contributed by atoms with Gasteiger partial charge in [0.25, 0.3) is 0 Å². The Morgan fingerprint density at radius 1 is 1.04 bits per heavy atom. The van der Waals surface area contributed by atoms with Crippen molar-refractivity contribution in [1.29, 1.82) is 0 Å². The van der Waals surface area contributed by atoms with Gasteiger partial charge in [-0.05, 0) is 44.7 Å². The van der Waals surface area contributed by atoms with Crippen LogP contribution in [-0.2, 0) is 19.6 Å². The Labute approximate surface area is 167 Å². The number of ether oxygens (including phenoxy) is 1. The molecule has 8 nitrogen and oxygen atoms in total. The van der Waals surface area contributed by atoms with Gasteiger partial charge in [0.05, 0.1) is 12.0 Å². The first-order valence-electron chi connectivity index (χ1n) is 9.48.